The molecule has 0 spiro atoms. The normalized spacial score (nSPS) is 23.5. The third kappa shape index (κ3) is 4.81. The van der Waals surface area contributed by atoms with Crippen molar-refractivity contribution in [1.82, 2.24) is 14.8 Å². The van der Waals surface area contributed by atoms with Crippen molar-refractivity contribution in [2.75, 3.05) is 39.9 Å². The van der Waals surface area contributed by atoms with Crippen molar-refractivity contribution >= 4 is 11.8 Å². The Morgan fingerprint density at radius 2 is 1.73 bits per heavy atom. The molecule has 2 fully saturated rings. The number of hydrogen-bond acceptors (Lipinski definition) is 4. The van der Waals surface area contributed by atoms with Gasteiger partial charge in [0.05, 0.1) is 13.2 Å². The first-order valence-corrected chi connectivity index (χ1v) is 9.65. The van der Waals surface area contributed by atoms with Gasteiger partial charge in [0.2, 0.25) is 11.8 Å². The molecule has 0 radical (unpaired) electrons. The van der Waals surface area contributed by atoms with E-state index in [0.29, 0.717) is 26.3 Å². The Balaban J connectivity index is 1.43. The van der Waals surface area contributed by atoms with Gasteiger partial charge in [0.1, 0.15) is 0 Å². The summed E-state index contributed by atoms with van der Waals surface area (Å²) in [6.45, 7) is 3.41. The van der Waals surface area contributed by atoms with Gasteiger partial charge in [-0.3, -0.25) is 14.6 Å². The SMILES string of the molecule is CN(CCc1ccncc1)C(=O)C1CCC(C(=O)N2CCOCC2)CC1. The van der Waals surface area contributed by atoms with Crippen molar-refractivity contribution < 1.29 is 14.3 Å². The summed E-state index contributed by atoms with van der Waals surface area (Å²) in [5, 5.41) is 0. The predicted molar refractivity (Wildman–Crippen MR) is 98.4 cm³/mol. The van der Waals surface area contributed by atoms with Gasteiger partial charge in [-0.15, -0.1) is 0 Å². The summed E-state index contributed by atoms with van der Waals surface area (Å²) in [6.07, 6.45) is 7.69. The molecule has 0 bridgehead atoms. The topological polar surface area (TPSA) is 62.7 Å². The fraction of sp³-hybridized carbons (Fsp3) is 0.650. The van der Waals surface area contributed by atoms with E-state index in [-0.39, 0.29) is 23.7 Å². The van der Waals surface area contributed by atoms with Gasteiger partial charge in [0, 0.05) is 50.9 Å². The Kier molecular flexibility index (Phi) is 6.61. The van der Waals surface area contributed by atoms with E-state index in [4.69, 9.17) is 4.74 Å². The fourth-order valence-corrected chi connectivity index (χ4v) is 3.90. The van der Waals surface area contributed by atoms with Crippen LogP contribution >= 0.6 is 0 Å². The number of aromatic nitrogens is 1. The molecule has 2 heterocycles. The highest BCUT2D eigenvalue weighted by molar-refractivity contribution is 5.81. The number of pyridine rings is 1. The minimum Gasteiger partial charge on any atom is -0.378 e. The highest BCUT2D eigenvalue weighted by atomic mass is 16.5. The molecule has 0 atom stereocenters. The van der Waals surface area contributed by atoms with Crippen molar-refractivity contribution in [2.45, 2.75) is 32.1 Å². The molecule has 3 rings (SSSR count). The quantitative estimate of drug-likeness (QED) is 0.803. The highest BCUT2D eigenvalue weighted by Gasteiger charge is 2.33. The maximum atomic E-state index is 12.7. The summed E-state index contributed by atoms with van der Waals surface area (Å²) < 4.78 is 5.32. The molecule has 1 aromatic heterocycles. The average Bonchev–Trinajstić information content (AvgIpc) is 2.72. The number of amides is 2. The number of rotatable bonds is 5. The Hall–Kier alpha value is -1.95. The average molecular weight is 359 g/mol. The lowest BCUT2D eigenvalue weighted by molar-refractivity contribution is -0.143. The van der Waals surface area contributed by atoms with Crippen molar-refractivity contribution in [3.63, 3.8) is 0 Å². The molecular weight excluding hydrogens is 330 g/mol. The molecule has 0 aromatic carbocycles. The fourth-order valence-electron chi connectivity index (χ4n) is 3.90. The molecule has 1 saturated heterocycles. The lowest BCUT2D eigenvalue weighted by Gasteiger charge is -2.34. The number of carbonyl (C=O) groups is 2. The van der Waals surface area contributed by atoms with E-state index in [0.717, 1.165) is 38.6 Å². The molecule has 0 unspecified atom stereocenters. The monoisotopic (exact) mass is 359 g/mol. The zero-order valence-corrected chi connectivity index (χ0v) is 15.6. The number of hydrogen-bond donors (Lipinski definition) is 0. The van der Waals surface area contributed by atoms with Gasteiger partial charge < -0.3 is 14.5 Å². The molecule has 2 amide bonds. The molecule has 6 nitrogen and oxygen atoms in total. The standard InChI is InChI=1S/C20H29N3O3/c1-22(11-8-16-6-9-21-10-7-16)19(24)17-2-4-18(5-3-17)20(25)23-12-14-26-15-13-23/h6-7,9-10,17-18H,2-5,8,11-15H2,1H3. The molecule has 0 N–H and O–H groups in total. The van der Waals surface area contributed by atoms with E-state index < -0.39 is 0 Å². The molecule has 26 heavy (non-hydrogen) atoms. The van der Waals surface area contributed by atoms with E-state index in [9.17, 15) is 9.59 Å². The highest BCUT2D eigenvalue weighted by Crippen LogP contribution is 2.31. The van der Waals surface area contributed by atoms with Gasteiger partial charge in [-0.05, 0) is 49.8 Å². The third-order valence-corrected chi connectivity index (χ3v) is 5.61. The summed E-state index contributed by atoms with van der Waals surface area (Å²) in [7, 11) is 1.88. The largest absolute Gasteiger partial charge is 0.378 e. The number of nitrogens with zero attached hydrogens (tertiary/aromatic N) is 3. The maximum absolute atomic E-state index is 12.7. The van der Waals surface area contributed by atoms with Crippen LogP contribution < -0.4 is 0 Å². The van der Waals surface area contributed by atoms with Crippen LogP contribution in [0.4, 0.5) is 0 Å². The number of likely N-dealkylation sites (N-methyl/N-ethyl adjacent to an activating group) is 1. The number of carbonyl (C=O) groups excluding carboxylic acids is 2. The van der Waals surface area contributed by atoms with Crippen LogP contribution in [0.1, 0.15) is 31.2 Å². The van der Waals surface area contributed by atoms with Crippen LogP contribution in [0.5, 0.6) is 0 Å². The summed E-state index contributed by atoms with van der Waals surface area (Å²) >= 11 is 0. The lowest BCUT2D eigenvalue weighted by atomic mass is 9.80. The van der Waals surface area contributed by atoms with E-state index in [2.05, 4.69) is 4.98 Å². The number of ether oxygens (including phenoxy) is 1. The molecule has 1 aliphatic heterocycles. The minimum absolute atomic E-state index is 0.0613. The van der Waals surface area contributed by atoms with Crippen LogP contribution in [0.3, 0.4) is 0 Å². The Morgan fingerprint density at radius 3 is 2.38 bits per heavy atom. The summed E-state index contributed by atoms with van der Waals surface area (Å²) in [6, 6.07) is 3.97. The molecule has 1 aromatic rings. The van der Waals surface area contributed by atoms with Gasteiger partial charge in [0.25, 0.3) is 0 Å². The zero-order valence-electron chi connectivity index (χ0n) is 15.6. The first-order chi connectivity index (χ1) is 12.6. The first kappa shape index (κ1) is 18.8. The van der Waals surface area contributed by atoms with Gasteiger partial charge >= 0.3 is 0 Å². The minimum atomic E-state index is 0.0613. The summed E-state index contributed by atoms with van der Waals surface area (Å²) in [4.78, 5) is 33.1. The molecular formula is C20H29N3O3. The maximum Gasteiger partial charge on any atom is 0.225 e. The lowest BCUT2D eigenvalue weighted by Crippen LogP contribution is -2.45. The van der Waals surface area contributed by atoms with Crippen LogP contribution in [0, 0.1) is 11.8 Å². The van der Waals surface area contributed by atoms with Crippen LogP contribution in [0.25, 0.3) is 0 Å². The van der Waals surface area contributed by atoms with Crippen LogP contribution in [-0.4, -0.2) is 66.5 Å². The third-order valence-electron chi connectivity index (χ3n) is 5.61. The molecule has 1 aliphatic carbocycles. The van der Waals surface area contributed by atoms with Gasteiger partial charge in [-0.25, -0.2) is 0 Å². The van der Waals surface area contributed by atoms with E-state index in [1.807, 2.05) is 29.0 Å². The van der Waals surface area contributed by atoms with E-state index >= 15 is 0 Å². The predicted octanol–water partition coefficient (Wildman–Crippen LogP) is 1.75. The Labute approximate surface area is 155 Å². The molecule has 2 aliphatic rings. The van der Waals surface area contributed by atoms with Crippen LogP contribution in [0.15, 0.2) is 24.5 Å². The zero-order chi connectivity index (χ0) is 18.4. The summed E-state index contributed by atoms with van der Waals surface area (Å²) in [5.74, 6) is 0.618. The van der Waals surface area contributed by atoms with Crippen LogP contribution in [-0.2, 0) is 20.7 Å². The number of morpholine rings is 1. The Morgan fingerprint density at radius 1 is 1.12 bits per heavy atom. The second kappa shape index (κ2) is 9.12. The van der Waals surface area contributed by atoms with Crippen molar-refractivity contribution in [3.05, 3.63) is 30.1 Å². The molecule has 142 valence electrons. The van der Waals surface area contributed by atoms with E-state index in [1.54, 1.807) is 12.4 Å². The Bertz CT molecular complexity index is 594. The second-order valence-electron chi connectivity index (χ2n) is 7.35. The van der Waals surface area contributed by atoms with Crippen molar-refractivity contribution in [1.29, 1.82) is 0 Å². The smallest absolute Gasteiger partial charge is 0.225 e. The van der Waals surface area contributed by atoms with Crippen molar-refractivity contribution in [3.8, 4) is 0 Å². The second-order valence-corrected chi connectivity index (χ2v) is 7.35. The van der Waals surface area contributed by atoms with Crippen molar-refractivity contribution in [2.24, 2.45) is 11.8 Å². The van der Waals surface area contributed by atoms with E-state index in [1.165, 1.54) is 5.56 Å². The van der Waals surface area contributed by atoms with Gasteiger partial charge in [-0.1, -0.05) is 0 Å². The van der Waals surface area contributed by atoms with Crippen LogP contribution in [0.2, 0.25) is 0 Å². The van der Waals surface area contributed by atoms with Gasteiger partial charge in [-0.2, -0.15) is 0 Å². The molecule has 1 saturated carbocycles. The summed E-state index contributed by atoms with van der Waals surface area (Å²) in [5.41, 5.74) is 1.19. The first-order valence-electron chi connectivity index (χ1n) is 9.65. The van der Waals surface area contributed by atoms with Gasteiger partial charge in [0.15, 0.2) is 0 Å². The molecule has 6 heteroatoms.